The van der Waals surface area contributed by atoms with Gasteiger partial charge in [-0.15, -0.1) is 22.9 Å². The average Bonchev–Trinajstić information content (AvgIpc) is 3.08. The number of halogens is 1. The predicted octanol–water partition coefficient (Wildman–Crippen LogP) is 4.54. The van der Waals surface area contributed by atoms with Gasteiger partial charge >= 0.3 is 0 Å². The van der Waals surface area contributed by atoms with Gasteiger partial charge in [-0.25, -0.2) is 9.97 Å². The smallest absolute Gasteiger partial charge is 0.125 e. The summed E-state index contributed by atoms with van der Waals surface area (Å²) in [5.41, 5.74) is 3.36. The maximum atomic E-state index is 6.11. The molecule has 0 bridgehead atoms. The lowest BCUT2D eigenvalue weighted by molar-refractivity contribution is 0.562. The number of fused-ring (bicyclic) bond motifs is 1. The lowest BCUT2D eigenvalue weighted by Crippen LogP contribution is -2.12. The van der Waals surface area contributed by atoms with Gasteiger partial charge in [-0.3, -0.25) is 0 Å². The quantitative estimate of drug-likeness (QED) is 0.663. The van der Waals surface area contributed by atoms with Gasteiger partial charge in [0.2, 0.25) is 0 Å². The summed E-state index contributed by atoms with van der Waals surface area (Å²) >= 11 is 7.79. The van der Waals surface area contributed by atoms with Gasteiger partial charge in [0.15, 0.2) is 0 Å². The van der Waals surface area contributed by atoms with E-state index < -0.39 is 0 Å². The number of nitrogens with zero attached hydrogens (tertiary/aromatic N) is 3. The fraction of sp³-hybridized carbons (Fsp3) is 0.333. The zero-order chi connectivity index (χ0) is 14.1. The summed E-state index contributed by atoms with van der Waals surface area (Å²) in [6, 6.07) is 6.56. The third kappa shape index (κ3) is 2.23. The summed E-state index contributed by atoms with van der Waals surface area (Å²) in [5.74, 6) is 1.32. The fourth-order valence-electron chi connectivity index (χ4n) is 2.57. The van der Waals surface area contributed by atoms with E-state index in [1.807, 2.05) is 11.6 Å². The topological polar surface area (TPSA) is 30.7 Å². The molecule has 3 rings (SSSR count). The second-order valence-corrected chi connectivity index (χ2v) is 6.01. The van der Waals surface area contributed by atoms with Crippen molar-refractivity contribution in [1.29, 1.82) is 0 Å². The molecule has 2 aromatic heterocycles. The van der Waals surface area contributed by atoms with Crippen molar-refractivity contribution in [3.8, 4) is 0 Å². The van der Waals surface area contributed by atoms with Crippen LogP contribution >= 0.6 is 22.9 Å². The highest BCUT2D eigenvalue weighted by Gasteiger charge is 2.20. The van der Waals surface area contributed by atoms with Crippen molar-refractivity contribution < 1.29 is 0 Å². The maximum Gasteiger partial charge on any atom is 0.125 e. The number of benzene rings is 1. The molecule has 0 amide bonds. The molecule has 104 valence electrons. The summed E-state index contributed by atoms with van der Waals surface area (Å²) in [5, 5.41) is 3.13. The Bertz CT molecular complexity index is 718. The number of rotatable bonds is 4. The lowest BCUT2D eigenvalue weighted by Gasteiger charge is -2.17. The molecular formula is C15H16ClN3S. The molecule has 0 spiro atoms. The summed E-state index contributed by atoms with van der Waals surface area (Å²) in [7, 11) is 0. The Morgan fingerprint density at radius 2 is 2.25 bits per heavy atom. The minimum Gasteiger partial charge on any atom is -0.317 e. The summed E-state index contributed by atoms with van der Waals surface area (Å²) in [4.78, 5) is 9.15. The summed E-state index contributed by atoms with van der Waals surface area (Å²) in [6.07, 6.45) is 2.82. The van der Waals surface area contributed by atoms with Gasteiger partial charge in [-0.2, -0.15) is 0 Å². The van der Waals surface area contributed by atoms with Gasteiger partial charge in [0, 0.05) is 11.6 Å². The van der Waals surface area contributed by atoms with E-state index in [0.717, 1.165) is 28.3 Å². The van der Waals surface area contributed by atoms with Crippen LogP contribution in [0.1, 0.15) is 35.8 Å². The molecule has 0 saturated heterocycles. The first-order valence-corrected chi connectivity index (χ1v) is 8.08. The molecule has 0 radical (unpaired) electrons. The van der Waals surface area contributed by atoms with Crippen LogP contribution in [-0.2, 0) is 5.88 Å². The molecule has 0 aliphatic rings. The van der Waals surface area contributed by atoms with Crippen LogP contribution in [0.4, 0.5) is 0 Å². The van der Waals surface area contributed by atoms with E-state index in [2.05, 4.69) is 46.6 Å². The molecule has 0 fully saturated rings. The van der Waals surface area contributed by atoms with Gasteiger partial charge < -0.3 is 4.57 Å². The van der Waals surface area contributed by atoms with Crippen LogP contribution < -0.4 is 0 Å². The lowest BCUT2D eigenvalue weighted by atomic mass is 10.2. The Labute approximate surface area is 127 Å². The number of aryl methyl sites for hydroxylation is 1. The third-order valence-corrected chi connectivity index (χ3v) is 4.59. The van der Waals surface area contributed by atoms with Crippen LogP contribution in [0.15, 0.2) is 29.8 Å². The van der Waals surface area contributed by atoms with Gasteiger partial charge in [0.05, 0.1) is 23.0 Å². The van der Waals surface area contributed by atoms with Crippen molar-refractivity contribution in [2.75, 3.05) is 0 Å². The number of hydrogen-bond donors (Lipinski definition) is 0. The molecule has 1 atom stereocenters. The minimum atomic E-state index is 0.205. The molecule has 0 aliphatic carbocycles. The highest BCUT2D eigenvalue weighted by atomic mass is 35.5. The molecule has 0 aliphatic heterocycles. The molecule has 5 heteroatoms. The predicted molar refractivity (Wildman–Crippen MR) is 84.6 cm³/mol. The van der Waals surface area contributed by atoms with Crippen LogP contribution in [0.5, 0.6) is 0 Å². The van der Waals surface area contributed by atoms with Crippen molar-refractivity contribution >= 4 is 34.0 Å². The first-order valence-electron chi connectivity index (χ1n) is 6.67. The molecule has 3 nitrogen and oxygen atoms in total. The highest BCUT2D eigenvalue weighted by Crippen LogP contribution is 2.30. The van der Waals surface area contributed by atoms with Crippen molar-refractivity contribution in [3.63, 3.8) is 0 Å². The monoisotopic (exact) mass is 305 g/mol. The molecule has 0 saturated carbocycles. The molecule has 20 heavy (non-hydrogen) atoms. The largest absolute Gasteiger partial charge is 0.317 e. The molecule has 0 N–H and O–H groups in total. The van der Waals surface area contributed by atoms with Crippen molar-refractivity contribution in [1.82, 2.24) is 14.5 Å². The first kappa shape index (κ1) is 13.6. The van der Waals surface area contributed by atoms with Crippen LogP contribution in [-0.4, -0.2) is 14.5 Å². The van der Waals surface area contributed by atoms with E-state index in [1.54, 1.807) is 11.3 Å². The van der Waals surface area contributed by atoms with E-state index in [-0.39, 0.29) is 6.04 Å². The molecule has 3 aromatic rings. The van der Waals surface area contributed by atoms with E-state index in [1.165, 1.54) is 5.56 Å². The van der Waals surface area contributed by atoms with E-state index in [4.69, 9.17) is 11.6 Å². The van der Waals surface area contributed by atoms with E-state index >= 15 is 0 Å². The SMILES string of the molecule is CCC(c1nccs1)n1c(CCl)nc2cc(C)ccc21. The number of imidazole rings is 1. The van der Waals surface area contributed by atoms with Crippen molar-refractivity contribution in [2.24, 2.45) is 0 Å². The maximum absolute atomic E-state index is 6.11. The third-order valence-electron chi connectivity index (χ3n) is 3.47. The van der Waals surface area contributed by atoms with Crippen LogP contribution in [0.2, 0.25) is 0 Å². The standard InChI is InChI=1S/C15H16ClN3S/c1-3-12(15-17-6-7-20-15)19-13-5-4-10(2)8-11(13)18-14(19)9-16/h4-8,12H,3,9H2,1-2H3. The van der Waals surface area contributed by atoms with Gasteiger partial charge in [-0.05, 0) is 31.0 Å². The Morgan fingerprint density at radius 3 is 2.90 bits per heavy atom. The number of aromatic nitrogens is 3. The average molecular weight is 306 g/mol. The van der Waals surface area contributed by atoms with Crippen LogP contribution in [0.25, 0.3) is 11.0 Å². The fourth-order valence-corrected chi connectivity index (χ4v) is 3.57. The zero-order valence-electron chi connectivity index (χ0n) is 11.5. The van der Waals surface area contributed by atoms with Gasteiger partial charge in [-0.1, -0.05) is 13.0 Å². The summed E-state index contributed by atoms with van der Waals surface area (Å²) in [6.45, 7) is 4.25. The number of hydrogen-bond acceptors (Lipinski definition) is 3. The van der Waals surface area contributed by atoms with Gasteiger partial charge in [0.25, 0.3) is 0 Å². The Hall–Kier alpha value is -1.39. The first-order chi connectivity index (χ1) is 9.74. The molecule has 1 unspecified atom stereocenters. The second-order valence-electron chi connectivity index (χ2n) is 4.82. The molecule has 2 heterocycles. The minimum absolute atomic E-state index is 0.205. The van der Waals surface area contributed by atoms with E-state index in [0.29, 0.717) is 5.88 Å². The molecular weight excluding hydrogens is 290 g/mol. The Balaban J connectivity index is 2.22. The highest BCUT2D eigenvalue weighted by molar-refractivity contribution is 7.09. The van der Waals surface area contributed by atoms with Crippen LogP contribution in [0.3, 0.4) is 0 Å². The normalized spacial score (nSPS) is 12.9. The Kier molecular flexibility index (Phi) is 3.76. The number of thiazole rings is 1. The van der Waals surface area contributed by atoms with Crippen molar-refractivity contribution in [3.05, 3.63) is 46.2 Å². The second kappa shape index (κ2) is 5.54. The Morgan fingerprint density at radius 1 is 1.40 bits per heavy atom. The van der Waals surface area contributed by atoms with Crippen molar-refractivity contribution in [2.45, 2.75) is 32.2 Å². The van der Waals surface area contributed by atoms with Gasteiger partial charge in [0.1, 0.15) is 10.8 Å². The molecule has 1 aromatic carbocycles. The summed E-state index contributed by atoms with van der Waals surface area (Å²) < 4.78 is 2.24. The van der Waals surface area contributed by atoms with E-state index in [9.17, 15) is 0 Å². The van der Waals surface area contributed by atoms with Crippen LogP contribution in [0, 0.1) is 6.92 Å². The number of alkyl halides is 1. The zero-order valence-corrected chi connectivity index (χ0v) is 13.1.